The fourth-order valence-corrected chi connectivity index (χ4v) is 4.46. The van der Waals surface area contributed by atoms with Crippen molar-refractivity contribution in [1.29, 1.82) is 0 Å². The summed E-state index contributed by atoms with van der Waals surface area (Å²) in [6, 6.07) is 0.586. The number of hydrogen-bond donors (Lipinski definition) is 0. The first-order chi connectivity index (χ1) is 11.1. The molecule has 6 nitrogen and oxygen atoms in total. The predicted octanol–water partition coefficient (Wildman–Crippen LogP) is 1.58. The molecule has 3 rings (SSSR count). The van der Waals surface area contributed by atoms with Gasteiger partial charge in [-0.25, -0.2) is 4.98 Å². The Morgan fingerprint density at radius 2 is 2.04 bits per heavy atom. The summed E-state index contributed by atoms with van der Waals surface area (Å²) in [4.78, 5) is 34.5. The Hall–Kier alpha value is -1.47. The minimum absolute atomic E-state index is 0.0687. The van der Waals surface area contributed by atoms with Crippen LogP contribution in [0.1, 0.15) is 32.6 Å². The van der Waals surface area contributed by atoms with Gasteiger partial charge in [-0.2, -0.15) is 0 Å². The maximum Gasteiger partial charge on any atom is 0.242 e. The Kier molecular flexibility index (Phi) is 4.96. The molecule has 1 aromatic rings. The number of hydrogen-bond acceptors (Lipinski definition) is 5. The highest BCUT2D eigenvalue weighted by Crippen LogP contribution is 2.30. The van der Waals surface area contributed by atoms with Crippen molar-refractivity contribution in [2.45, 2.75) is 44.7 Å². The maximum atomic E-state index is 12.5. The van der Waals surface area contributed by atoms with Gasteiger partial charge >= 0.3 is 0 Å². The highest BCUT2D eigenvalue weighted by Gasteiger charge is 2.39. The molecule has 2 saturated heterocycles. The van der Waals surface area contributed by atoms with E-state index in [0.717, 1.165) is 43.9 Å². The van der Waals surface area contributed by atoms with E-state index in [1.165, 1.54) is 11.3 Å². The van der Waals surface area contributed by atoms with E-state index >= 15 is 0 Å². The summed E-state index contributed by atoms with van der Waals surface area (Å²) in [5.74, 6) is 0.227. The molecule has 0 bridgehead atoms. The molecule has 2 fully saturated rings. The first kappa shape index (κ1) is 16.4. The van der Waals surface area contributed by atoms with Crippen LogP contribution in [0.25, 0.3) is 0 Å². The summed E-state index contributed by atoms with van der Waals surface area (Å²) in [7, 11) is 1.78. The van der Waals surface area contributed by atoms with Crippen molar-refractivity contribution < 1.29 is 9.59 Å². The number of anilines is 1. The van der Waals surface area contributed by atoms with Gasteiger partial charge < -0.3 is 4.90 Å². The summed E-state index contributed by atoms with van der Waals surface area (Å²) in [5, 5.41) is 2.61. The smallest absolute Gasteiger partial charge is 0.242 e. The Labute approximate surface area is 141 Å². The summed E-state index contributed by atoms with van der Waals surface area (Å²) in [6.45, 7) is 3.85. The lowest BCUT2D eigenvalue weighted by Gasteiger charge is -2.34. The van der Waals surface area contributed by atoms with Gasteiger partial charge in [0.15, 0.2) is 5.13 Å². The molecule has 0 aromatic carbocycles. The molecule has 23 heavy (non-hydrogen) atoms. The monoisotopic (exact) mass is 336 g/mol. The second kappa shape index (κ2) is 6.97. The molecule has 0 radical (unpaired) electrons. The minimum Gasteiger partial charge on any atom is -0.338 e. The summed E-state index contributed by atoms with van der Waals surface area (Å²) >= 11 is 1.47. The van der Waals surface area contributed by atoms with Crippen molar-refractivity contribution in [3.63, 3.8) is 0 Å². The zero-order valence-corrected chi connectivity index (χ0v) is 14.6. The molecule has 7 heteroatoms. The van der Waals surface area contributed by atoms with Gasteiger partial charge in [0.25, 0.3) is 0 Å². The average Bonchev–Trinajstić information content (AvgIpc) is 3.26. The number of carbonyl (C=O) groups is 2. The number of aromatic nitrogens is 1. The molecule has 126 valence electrons. The highest BCUT2D eigenvalue weighted by molar-refractivity contribution is 7.13. The fourth-order valence-electron chi connectivity index (χ4n) is 3.84. The number of nitrogens with zero attached hydrogens (tertiary/aromatic N) is 4. The molecular formula is C16H24N4O2S. The molecule has 0 saturated carbocycles. The van der Waals surface area contributed by atoms with Crippen LogP contribution in [-0.2, 0) is 9.59 Å². The van der Waals surface area contributed by atoms with E-state index in [-0.39, 0.29) is 17.9 Å². The Bertz CT molecular complexity index is 562. The number of likely N-dealkylation sites (tertiary alicyclic amines) is 2. The van der Waals surface area contributed by atoms with E-state index in [2.05, 4.69) is 9.88 Å². The van der Waals surface area contributed by atoms with Crippen LogP contribution in [-0.4, -0.2) is 65.4 Å². The molecular weight excluding hydrogens is 312 g/mol. The van der Waals surface area contributed by atoms with Crippen molar-refractivity contribution in [1.82, 2.24) is 14.8 Å². The van der Waals surface area contributed by atoms with Crippen LogP contribution < -0.4 is 4.90 Å². The molecule has 2 aliphatic heterocycles. The molecule has 0 N–H and O–H groups in total. The molecule has 0 spiro atoms. The maximum absolute atomic E-state index is 12.5. The number of rotatable bonds is 4. The van der Waals surface area contributed by atoms with Gasteiger partial charge in [0, 0.05) is 44.2 Å². The zero-order chi connectivity index (χ0) is 16.4. The van der Waals surface area contributed by atoms with Crippen molar-refractivity contribution in [2.75, 3.05) is 31.6 Å². The van der Waals surface area contributed by atoms with Crippen LogP contribution in [0.4, 0.5) is 5.13 Å². The summed E-state index contributed by atoms with van der Waals surface area (Å²) in [5.41, 5.74) is 0. The van der Waals surface area contributed by atoms with Crippen LogP contribution in [0.3, 0.4) is 0 Å². The molecule has 2 atom stereocenters. The van der Waals surface area contributed by atoms with E-state index in [1.54, 1.807) is 25.1 Å². The second-order valence-corrected chi connectivity index (χ2v) is 7.24. The third kappa shape index (κ3) is 3.40. The van der Waals surface area contributed by atoms with Crippen molar-refractivity contribution in [3.8, 4) is 0 Å². The minimum atomic E-state index is 0.0687. The number of carbonyl (C=O) groups excluding carboxylic acids is 2. The quantitative estimate of drug-likeness (QED) is 0.838. The molecule has 2 amide bonds. The normalized spacial score (nSPS) is 25.0. The third-order valence-corrected chi connectivity index (χ3v) is 5.83. The predicted molar refractivity (Wildman–Crippen MR) is 90.5 cm³/mol. The molecule has 1 aromatic heterocycles. The summed E-state index contributed by atoms with van der Waals surface area (Å²) in [6.07, 6.45) is 6.01. The van der Waals surface area contributed by atoms with E-state index in [0.29, 0.717) is 12.6 Å². The first-order valence-corrected chi connectivity index (χ1v) is 9.13. The molecule has 0 unspecified atom stereocenters. The SMILES string of the molecule is CC(=O)N1CCC[C@@H]1[C@@H]1CCCN1CC(=O)N(C)c1nccs1. The fraction of sp³-hybridized carbons (Fsp3) is 0.688. The van der Waals surface area contributed by atoms with Gasteiger partial charge in [-0.1, -0.05) is 0 Å². The molecule has 3 heterocycles. The lowest BCUT2D eigenvalue weighted by Crippen LogP contribution is -2.50. The third-order valence-electron chi connectivity index (χ3n) is 4.98. The molecule has 0 aliphatic carbocycles. The lowest BCUT2D eigenvalue weighted by atomic mass is 10.0. The van der Waals surface area contributed by atoms with Crippen molar-refractivity contribution in [2.24, 2.45) is 0 Å². The first-order valence-electron chi connectivity index (χ1n) is 8.25. The van der Waals surface area contributed by atoms with Crippen LogP contribution >= 0.6 is 11.3 Å². The topological polar surface area (TPSA) is 56.8 Å². The Balaban J connectivity index is 1.65. The van der Waals surface area contributed by atoms with Crippen molar-refractivity contribution in [3.05, 3.63) is 11.6 Å². The van der Waals surface area contributed by atoms with Gasteiger partial charge in [0.1, 0.15) is 0 Å². The van der Waals surface area contributed by atoms with Crippen LogP contribution in [0.5, 0.6) is 0 Å². The van der Waals surface area contributed by atoms with Crippen LogP contribution in [0, 0.1) is 0 Å². The number of likely N-dealkylation sites (N-methyl/N-ethyl adjacent to an activating group) is 1. The van der Waals surface area contributed by atoms with E-state index in [4.69, 9.17) is 0 Å². The van der Waals surface area contributed by atoms with E-state index in [1.807, 2.05) is 10.3 Å². The van der Waals surface area contributed by atoms with Crippen LogP contribution in [0.15, 0.2) is 11.6 Å². The van der Waals surface area contributed by atoms with Crippen LogP contribution in [0.2, 0.25) is 0 Å². The largest absolute Gasteiger partial charge is 0.338 e. The average molecular weight is 336 g/mol. The standard InChI is InChI=1S/C16H24N4O2S/c1-12(21)20-9-4-6-14(20)13-5-3-8-19(13)11-15(22)18(2)16-17-7-10-23-16/h7,10,13-14H,3-6,8-9,11H2,1-2H3/t13-,14+/m0/s1. The highest BCUT2D eigenvalue weighted by atomic mass is 32.1. The Morgan fingerprint density at radius 1 is 1.30 bits per heavy atom. The van der Waals surface area contributed by atoms with Crippen molar-refractivity contribution >= 4 is 28.3 Å². The van der Waals surface area contributed by atoms with Gasteiger partial charge in [-0.3, -0.25) is 19.4 Å². The van der Waals surface area contributed by atoms with Gasteiger partial charge in [-0.15, -0.1) is 11.3 Å². The van der Waals surface area contributed by atoms with Gasteiger partial charge in [-0.05, 0) is 32.2 Å². The molecule has 2 aliphatic rings. The zero-order valence-electron chi connectivity index (χ0n) is 13.8. The number of amides is 2. The second-order valence-electron chi connectivity index (χ2n) is 6.37. The van der Waals surface area contributed by atoms with Gasteiger partial charge in [0.2, 0.25) is 11.8 Å². The van der Waals surface area contributed by atoms with E-state index in [9.17, 15) is 9.59 Å². The van der Waals surface area contributed by atoms with Gasteiger partial charge in [0.05, 0.1) is 6.54 Å². The van der Waals surface area contributed by atoms with E-state index < -0.39 is 0 Å². The number of thiazole rings is 1. The lowest BCUT2D eigenvalue weighted by molar-refractivity contribution is -0.130. The Morgan fingerprint density at radius 3 is 2.74 bits per heavy atom. The summed E-state index contributed by atoms with van der Waals surface area (Å²) < 4.78 is 0.